The molecule has 140 valence electrons. The van der Waals surface area contributed by atoms with Crippen LogP contribution in [-0.4, -0.2) is 51.4 Å². The Hall–Kier alpha value is -2.86. The van der Waals surface area contributed by atoms with E-state index < -0.39 is 22.3 Å². The molecule has 1 aromatic rings. The van der Waals surface area contributed by atoms with E-state index in [2.05, 4.69) is 5.92 Å². The maximum Gasteiger partial charge on any atom is 0.306 e. The quantitative estimate of drug-likeness (QED) is 0.327. The van der Waals surface area contributed by atoms with Crippen molar-refractivity contribution in [3.05, 3.63) is 35.6 Å². The normalized spacial score (nSPS) is 36.2. The van der Waals surface area contributed by atoms with Gasteiger partial charge in [0.1, 0.15) is 11.6 Å². The lowest BCUT2D eigenvalue weighted by atomic mass is 9.87. The molecule has 9 heteroatoms. The minimum absolute atomic E-state index is 0.0533. The molecule has 1 aliphatic carbocycles. The van der Waals surface area contributed by atoms with Gasteiger partial charge in [-0.3, -0.25) is 19.2 Å². The first-order valence-electron chi connectivity index (χ1n) is 8.84. The van der Waals surface area contributed by atoms with E-state index in [-0.39, 0.29) is 41.7 Å². The average Bonchev–Trinajstić information content (AvgIpc) is 2.96. The number of carbonyl (C=O) groups is 2. The van der Waals surface area contributed by atoms with Gasteiger partial charge in [0.2, 0.25) is 0 Å². The van der Waals surface area contributed by atoms with Crippen LogP contribution in [0.4, 0.5) is 15.8 Å². The summed E-state index contributed by atoms with van der Waals surface area (Å²) >= 11 is 1.13. The van der Waals surface area contributed by atoms with Gasteiger partial charge in [-0.15, -0.1) is 6.42 Å². The molecule has 4 aliphatic heterocycles. The van der Waals surface area contributed by atoms with Gasteiger partial charge in [0.25, 0.3) is 16.6 Å². The first-order chi connectivity index (χ1) is 13.5. The van der Waals surface area contributed by atoms with Crippen LogP contribution >= 0.6 is 11.8 Å². The summed E-state index contributed by atoms with van der Waals surface area (Å²) in [4.78, 5) is 28.0. The second-order valence-electron chi connectivity index (χ2n) is 7.54. The van der Waals surface area contributed by atoms with Gasteiger partial charge < -0.3 is 15.2 Å². The first-order valence-corrected chi connectivity index (χ1v) is 9.72. The number of carbonyl (C=O) groups excluding carboxylic acids is 2. The molecule has 4 heterocycles. The molecule has 0 aromatic heterocycles. The third kappa shape index (κ3) is 1.49. The second-order valence-corrected chi connectivity index (χ2v) is 8.60. The highest BCUT2D eigenvalue weighted by atomic mass is 32.2. The van der Waals surface area contributed by atoms with Crippen LogP contribution in [0.15, 0.2) is 24.3 Å². The summed E-state index contributed by atoms with van der Waals surface area (Å²) in [6.07, 6.45) is 9.51. The van der Waals surface area contributed by atoms with Crippen LogP contribution in [0.1, 0.15) is 6.42 Å². The SMILES string of the molecule is C#CCN1C(=O)COc2cc(F)c(N3C4C=CC56C(=O)SC3C5(C4)[N+]6=[N-])cc21. The van der Waals surface area contributed by atoms with Gasteiger partial charge >= 0.3 is 5.54 Å². The van der Waals surface area contributed by atoms with Crippen molar-refractivity contribution in [2.45, 2.75) is 28.9 Å². The van der Waals surface area contributed by atoms with Crippen molar-refractivity contribution < 1.29 is 23.4 Å². The molecule has 5 aliphatic rings. The fourth-order valence-electron chi connectivity index (χ4n) is 5.17. The molecule has 4 atom stereocenters. The lowest BCUT2D eigenvalue weighted by molar-refractivity contribution is -0.436. The number of hydrogen-bond acceptors (Lipinski definition) is 5. The number of thioether (sulfide) groups is 1. The van der Waals surface area contributed by atoms with Crippen LogP contribution in [0.2, 0.25) is 0 Å². The van der Waals surface area contributed by atoms with Gasteiger partial charge in [-0.1, -0.05) is 12.0 Å². The number of amides is 1. The largest absolute Gasteiger partial charge is 0.505 e. The average molecular weight is 396 g/mol. The highest BCUT2D eigenvalue weighted by molar-refractivity contribution is 8.15. The van der Waals surface area contributed by atoms with Crippen LogP contribution in [0.25, 0.3) is 5.53 Å². The molecule has 1 amide bonds. The van der Waals surface area contributed by atoms with E-state index in [9.17, 15) is 15.1 Å². The smallest absolute Gasteiger partial charge is 0.306 e. The third-order valence-corrected chi connectivity index (χ3v) is 7.81. The Morgan fingerprint density at radius 1 is 1.43 bits per heavy atom. The van der Waals surface area contributed by atoms with Gasteiger partial charge in [0.05, 0.1) is 24.0 Å². The first kappa shape index (κ1) is 16.1. The molecule has 3 fully saturated rings. The summed E-state index contributed by atoms with van der Waals surface area (Å²) in [6, 6.07) is 2.65. The van der Waals surface area contributed by atoms with Gasteiger partial charge in [-0.2, -0.15) is 0 Å². The number of nitrogens with zero attached hydrogens (tertiary/aromatic N) is 4. The Bertz CT molecular complexity index is 1100. The highest BCUT2D eigenvalue weighted by Crippen LogP contribution is 2.71. The summed E-state index contributed by atoms with van der Waals surface area (Å²) in [5, 5.41) is -0.552. The number of ether oxygens (including phenoxy) is 1. The van der Waals surface area contributed by atoms with Crippen molar-refractivity contribution in [2.75, 3.05) is 23.0 Å². The molecule has 0 radical (unpaired) electrons. The maximum atomic E-state index is 15.1. The van der Waals surface area contributed by atoms with Gasteiger partial charge in [0, 0.05) is 12.5 Å². The molecule has 1 spiro atoms. The fraction of sp³-hybridized carbons (Fsp3) is 0.368. The van der Waals surface area contributed by atoms with Crippen molar-refractivity contribution in [1.29, 1.82) is 0 Å². The monoisotopic (exact) mass is 396 g/mol. The minimum atomic E-state index is -0.993. The zero-order valence-electron chi connectivity index (χ0n) is 14.5. The highest BCUT2D eigenvalue weighted by Gasteiger charge is 2.95. The standard InChI is InChI=1S/C19H13FN4O3S/c1-2-5-22-13-7-12(11(20)6-14(13)27-9-15(22)25)23-10-3-4-18-17(26)28-16(23)19(18,8-10)24(18)21/h1,3-4,6-7,10,16H,5,8-9H2. The van der Waals surface area contributed by atoms with E-state index in [0.717, 1.165) is 16.5 Å². The third-order valence-electron chi connectivity index (χ3n) is 6.45. The zero-order valence-corrected chi connectivity index (χ0v) is 15.3. The Morgan fingerprint density at radius 2 is 2.25 bits per heavy atom. The summed E-state index contributed by atoms with van der Waals surface area (Å²) in [7, 11) is 0. The van der Waals surface area contributed by atoms with Crippen molar-refractivity contribution in [3.8, 4) is 18.1 Å². The summed E-state index contributed by atoms with van der Waals surface area (Å²) in [6.45, 7) is -0.141. The fourth-order valence-corrected chi connectivity index (χ4v) is 6.83. The lowest BCUT2D eigenvalue weighted by Crippen LogP contribution is -2.40. The number of benzene rings is 1. The number of terminal acetylenes is 1. The van der Waals surface area contributed by atoms with E-state index in [1.54, 1.807) is 12.1 Å². The molecule has 2 bridgehead atoms. The molecule has 0 saturated carbocycles. The van der Waals surface area contributed by atoms with E-state index in [4.69, 9.17) is 11.2 Å². The van der Waals surface area contributed by atoms with Crippen LogP contribution in [0.3, 0.4) is 0 Å². The van der Waals surface area contributed by atoms with Gasteiger partial charge in [0.15, 0.2) is 12.0 Å². The van der Waals surface area contributed by atoms with Gasteiger partial charge in [-0.05, 0) is 23.9 Å². The Labute approximate surface area is 163 Å². The van der Waals surface area contributed by atoms with E-state index in [1.807, 2.05) is 11.0 Å². The summed E-state index contributed by atoms with van der Waals surface area (Å²) in [5.41, 5.74) is 9.41. The molecule has 3 saturated heterocycles. The number of fused-ring (bicyclic) bond motifs is 2. The number of rotatable bonds is 2. The zero-order chi connectivity index (χ0) is 19.4. The molecule has 0 N–H and O–H groups in total. The Kier molecular flexibility index (Phi) is 2.74. The van der Waals surface area contributed by atoms with E-state index in [1.165, 1.54) is 11.0 Å². The van der Waals surface area contributed by atoms with E-state index in [0.29, 0.717) is 12.1 Å². The summed E-state index contributed by atoms with van der Waals surface area (Å²) < 4.78 is 21.6. The van der Waals surface area contributed by atoms with Crippen LogP contribution in [0.5, 0.6) is 5.75 Å². The molecule has 6 rings (SSSR count). The van der Waals surface area contributed by atoms with Crippen LogP contribution in [0, 0.1) is 18.2 Å². The number of hydrogen-bond donors (Lipinski definition) is 0. The van der Waals surface area contributed by atoms with Crippen LogP contribution in [-0.2, 0) is 9.59 Å². The minimum Gasteiger partial charge on any atom is -0.505 e. The number of anilines is 2. The van der Waals surface area contributed by atoms with Crippen molar-refractivity contribution in [2.24, 2.45) is 0 Å². The van der Waals surface area contributed by atoms with E-state index >= 15 is 4.39 Å². The van der Waals surface area contributed by atoms with Gasteiger partial charge in [-0.25, -0.2) is 4.39 Å². The maximum absolute atomic E-state index is 15.1. The topological polar surface area (TPSA) is 75.2 Å². The second kappa shape index (κ2) is 4.75. The Morgan fingerprint density at radius 3 is 3.04 bits per heavy atom. The molecular weight excluding hydrogens is 383 g/mol. The Balaban J connectivity index is 1.50. The van der Waals surface area contributed by atoms with Crippen molar-refractivity contribution in [1.82, 2.24) is 0 Å². The lowest BCUT2D eigenvalue weighted by Gasteiger charge is -2.33. The predicted octanol–water partition coefficient (Wildman–Crippen LogP) is 1.46. The predicted molar refractivity (Wildman–Crippen MR) is 98.6 cm³/mol. The molecule has 1 aromatic carbocycles. The van der Waals surface area contributed by atoms with Crippen molar-refractivity contribution in [3.63, 3.8) is 0 Å². The molecule has 4 unspecified atom stereocenters. The van der Waals surface area contributed by atoms with Crippen LogP contribution < -0.4 is 14.5 Å². The summed E-state index contributed by atoms with van der Waals surface area (Å²) in [5.74, 6) is 1.89. The number of halogens is 1. The molecule has 28 heavy (non-hydrogen) atoms. The van der Waals surface area contributed by atoms with Crippen molar-refractivity contribution >= 4 is 34.2 Å². The molecular formula is C19H13FN4O3S. The molecule has 7 nitrogen and oxygen atoms in total.